The normalized spacial score (nSPS) is 10.9. The van der Waals surface area contributed by atoms with Crippen molar-refractivity contribution in [3.63, 3.8) is 0 Å². The Kier molecular flexibility index (Phi) is 5.30. The molecule has 5 rings (SSSR count). The second-order valence-corrected chi connectivity index (χ2v) is 10.0. The molecule has 5 N–H and O–H groups in total. The number of anilines is 3. The molecule has 0 spiro atoms. The molecule has 0 fully saturated rings. The number of nitrogen functional groups attached to an aromatic ring is 2. The second kappa shape index (κ2) is 8.29. The fraction of sp³-hybridized carbons (Fsp3) is 0.0435. The molecule has 1 amide bonds. The average molecular weight is 489 g/mol. The first-order chi connectivity index (χ1) is 16.0. The number of nitriles is 1. The van der Waals surface area contributed by atoms with Crippen LogP contribution in [0.3, 0.4) is 0 Å². The molecule has 0 aliphatic rings. The minimum absolute atomic E-state index is 0.106. The van der Waals surface area contributed by atoms with Crippen LogP contribution in [0.1, 0.15) is 20.8 Å². The molecular formula is C23H16N6OS3. The fourth-order valence-corrected chi connectivity index (χ4v) is 5.96. The van der Waals surface area contributed by atoms with Gasteiger partial charge in [-0.3, -0.25) is 10.1 Å². The van der Waals surface area contributed by atoms with Crippen molar-refractivity contribution in [3.05, 3.63) is 63.2 Å². The van der Waals surface area contributed by atoms with Crippen LogP contribution in [0.25, 0.3) is 31.9 Å². The molecule has 0 unspecified atom stereocenters. The summed E-state index contributed by atoms with van der Waals surface area (Å²) in [6.07, 6.45) is 0. The van der Waals surface area contributed by atoms with Crippen molar-refractivity contribution >= 4 is 66.8 Å². The summed E-state index contributed by atoms with van der Waals surface area (Å²) in [6, 6.07) is 13.8. The van der Waals surface area contributed by atoms with Crippen molar-refractivity contribution in [2.24, 2.45) is 0 Å². The van der Waals surface area contributed by atoms with Crippen LogP contribution in [-0.4, -0.2) is 15.9 Å². The van der Waals surface area contributed by atoms with E-state index in [0.717, 1.165) is 33.0 Å². The molecule has 162 valence electrons. The zero-order valence-corrected chi connectivity index (χ0v) is 19.7. The largest absolute Gasteiger partial charge is 0.397 e. The van der Waals surface area contributed by atoms with Crippen molar-refractivity contribution in [1.82, 2.24) is 9.97 Å². The van der Waals surface area contributed by atoms with Crippen LogP contribution in [-0.2, 0) is 0 Å². The molecule has 0 bridgehead atoms. The smallest absolute Gasteiger partial charge is 0.269 e. The number of benzene rings is 1. The maximum atomic E-state index is 13.1. The number of carbonyl (C=O) groups is 1. The Labute approximate surface area is 201 Å². The summed E-state index contributed by atoms with van der Waals surface area (Å²) in [5, 5.41) is 17.5. The van der Waals surface area contributed by atoms with Crippen molar-refractivity contribution in [3.8, 4) is 27.8 Å². The van der Waals surface area contributed by atoms with Crippen molar-refractivity contribution in [2.75, 3.05) is 16.8 Å². The van der Waals surface area contributed by atoms with E-state index in [1.54, 1.807) is 11.3 Å². The number of hydrogen-bond acceptors (Lipinski definition) is 9. The van der Waals surface area contributed by atoms with Gasteiger partial charge < -0.3 is 11.5 Å². The number of nitrogens with one attached hydrogen (secondary N) is 1. The zero-order valence-electron chi connectivity index (χ0n) is 17.2. The van der Waals surface area contributed by atoms with E-state index in [-0.39, 0.29) is 23.0 Å². The molecule has 0 saturated carbocycles. The van der Waals surface area contributed by atoms with E-state index in [4.69, 9.17) is 11.5 Å². The van der Waals surface area contributed by atoms with E-state index >= 15 is 0 Å². The standard InChI is InChI=1S/C23H16N6OS3/c1-11-4-6-12(7-5-11)16-13(9-24)20(26)28-22-17(16)18(25)19(33-22)21(30)29-23-27-14(10-32-23)15-3-2-8-31-15/h2-8,10H,25H2,1H3,(H2,26,28)(H,27,29,30). The zero-order chi connectivity index (χ0) is 23.1. The first-order valence-electron chi connectivity index (χ1n) is 9.75. The summed E-state index contributed by atoms with van der Waals surface area (Å²) >= 11 is 4.07. The van der Waals surface area contributed by atoms with Crippen LogP contribution < -0.4 is 16.8 Å². The van der Waals surface area contributed by atoms with Gasteiger partial charge in [0.05, 0.1) is 16.3 Å². The number of amides is 1. The molecule has 0 aliphatic heterocycles. The van der Waals surface area contributed by atoms with Gasteiger partial charge in [-0.25, -0.2) is 9.97 Å². The van der Waals surface area contributed by atoms with Gasteiger partial charge in [-0.05, 0) is 23.9 Å². The second-order valence-electron chi connectivity index (χ2n) is 7.22. The maximum absolute atomic E-state index is 13.1. The Morgan fingerprint density at radius 3 is 2.61 bits per heavy atom. The van der Waals surface area contributed by atoms with E-state index in [0.29, 0.717) is 25.8 Å². The lowest BCUT2D eigenvalue weighted by atomic mass is 9.96. The van der Waals surface area contributed by atoms with Crippen LogP contribution in [0.2, 0.25) is 0 Å². The lowest BCUT2D eigenvalue weighted by molar-refractivity contribution is 0.103. The molecule has 4 aromatic heterocycles. The third kappa shape index (κ3) is 3.72. The molecule has 0 saturated heterocycles. The summed E-state index contributed by atoms with van der Waals surface area (Å²) in [4.78, 5) is 23.8. The third-order valence-corrected chi connectivity index (χ3v) is 7.81. The molecule has 10 heteroatoms. The number of fused-ring (bicyclic) bond motifs is 1. The molecule has 0 radical (unpaired) electrons. The van der Waals surface area contributed by atoms with E-state index in [1.165, 1.54) is 11.3 Å². The highest BCUT2D eigenvalue weighted by atomic mass is 32.1. The summed E-state index contributed by atoms with van der Waals surface area (Å²) in [7, 11) is 0. The molecule has 33 heavy (non-hydrogen) atoms. The number of hydrogen-bond donors (Lipinski definition) is 3. The van der Waals surface area contributed by atoms with Crippen LogP contribution in [0.5, 0.6) is 0 Å². The van der Waals surface area contributed by atoms with Gasteiger partial charge in [-0.15, -0.1) is 34.0 Å². The lowest BCUT2D eigenvalue weighted by Gasteiger charge is -2.10. The highest BCUT2D eigenvalue weighted by Crippen LogP contribution is 2.43. The van der Waals surface area contributed by atoms with Gasteiger partial charge >= 0.3 is 0 Å². The minimum atomic E-state index is -0.380. The topological polar surface area (TPSA) is 131 Å². The highest BCUT2D eigenvalue weighted by molar-refractivity contribution is 7.21. The fourth-order valence-electron chi connectivity index (χ4n) is 3.48. The SMILES string of the molecule is Cc1ccc(-c2c(C#N)c(N)nc3sc(C(=O)Nc4nc(-c5cccs5)cs4)c(N)c23)cc1. The van der Waals surface area contributed by atoms with E-state index in [1.807, 2.05) is 54.1 Å². The predicted molar refractivity (Wildman–Crippen MR) is 137 cm³/mol. The average Bonchev–Trinajstić information content (AvgIpc) is 3.54. The Morgan fingerprint density at radius 1 is 1.12 bits per heavy atom. The monoisotopic (exact) mass is 488 g/mol. The van der Waals surface area contributed by atoms with Crippen molar-refractivity contribution in [2.45, 2.75) is 6.92 Å². The first-order valence-corrected chi connectivity index (χ1v) is 12.3. The summed E-state index contributed by atoms with van der Waals surface area (Å²) in [5.74, 6) is -0.274. The molecule has 7 nitrogen and oxygen atoms in total. The van der Waals surface area contributed by atoms with Crippen molar-refractivity contribution in [1.29, 1.82) is 5.26 Å². The summed E-state index contributed by atoms with van der Waals surface area (Å²) < 4.78 is 0. The van der Waals surface area contributed by atoms with Gasteiger partial charge in [0.15, 0.2) is 5.13 Å². The number of nitrogens with two attached hydrogens (primary N) is 2. The third-order valence-electron chi connectivity index (χ3n) is 5.06. The lowest BCUT2D eigenvalue weighted by Crippen LogP contribution is -2.11. The van der Waals surface area contributed by atoms with Crippen LogP contribution in [0.15, 0.2) is 47.2 Å². The number of pyridine rings is 1. The summed E-state index contributed by atoms with van der Waals surface area (Å²) in [6.45, 7) is 1.98. The Morgan fingerprint density at radius 2 is 1.91 bits per heavy atom. The number of aryl methyl sites for hydroxylation is 1. The summed E-state index contributed by atoms with van der Waals surface area (Å²) in [5.41, 5.74) is 16.3. The number of aromatic nitrogens is 2. The Balaban J connectivity index is 1.58. The van der Waals surface area contributed by atoms with Gasteiger partial charge in [0, 0.05) is 16.3 Å². The number of rotatable bonds is 4. The van der Waals surface area contributed by atoms with E-state index in [2.05, 4.69) is 21.4 Å². The minimum Gasteiger partial charge on any atom is -0.397 e. The van der Waals surface area contributed by atoms with Gasteiger partial charge in [-0.1, -0.05) is 35.9 Å². The van der Waals surface area contributed by atoms with E-state index in [9.17, 15) is 10.1 Å². The highest BCUT2D eigenvalue weighted by Gasteiger charge is 2.24. The molecule has 0 aliphatic carbocycles. The van der Waals surface area contributed by atoms with Gasteiger partial charge in [-0.2, -0.15) is 5.26 Å². The molecular weight excluding hydrogens is 472 g/mol. The van der Waals surface area contributed by atoms with Crippen LogP contribution in [0, 0.1) is 18.3 Å². The number of thiazole rings is 1. The van der Waals surface area contributed by atoms with Crippen LogP contribution in [0.4, 0.5) is 16.6 Å². The Hall–Kier alpha value is -3.78. The number of nitrogens with zero attached hydrogens (tertiary/aromatic N) is 3. The molecule has 0 atom stereocenters. The van der Waals surface area contributed by atoms with Crippen LogP contribution >= 0.6 is 34.0 Å². The van der Waals surface area contributed by atoms with Gasteiger partial charge in [0.25, 0.3) is 5.91 Å². The van der Waals surface area contributed by atoms with Crippen molar-refractivity contribution < 1.29 is 4.79 Å². The van der Waals surface area contributed by atoms with Gasteiger partial charge in [0.1, 0.15) is 27.2 Å². The maximum Gasteiger partial charge on any atom is 0.269 e. The van der Waals surface area contributed by atoms with E-state index < -0.39 is 0 Å². The number of carbonyl (C=O) groups excluding carboxylic acids is 1. The first kappa shape index (κ1) is 21.1. The molecule has 4 heterocycles. The quantitative estimate of drug-likeness (QED) is 0.295. The number of thiophene rings is 2. The molecule has 1 aromatic carbocycles. The van der Waals surface area contributed by atoms with Gasteiger partial charge in [0.2, 0.25) is 0 Å². The Bertz CT molecular complexity index is 1540. The predicted octanol–water partition coefficient (Wildman–Crippen LogP) is 5.75. The molecule has 5 aromatic rings.